The quantitative estimate of drug-likeness (QED) is 0.261. The lowest BCUT2D eigenvalue weighted by molar-refractivity contribution is -0.140. The van der Waals surface area contributed by atoms with E-state index in [9.17, 15) is 4.79 Å². The van der Waals surface area contributed by atoms with Crippen LogP contribution in [0.4, 0.5) is 0 Å². The summed E-state index contributed by atoms with van der Waals surface area (Å²) in [4.78, 5) is 11.1. The molecule has 0 fully saturated rings. The van der Waals surface area contributed by atoms with Crippen molar-refractivity contribution in [3.8, 4) is 0 Å². The van der Waals surface area contributed by atoms with E-state index in [-0.39, 0.29) is 12.2 Å². The summed E-state index contributed by atoms with van der Waals surface area (Å²) in [7, 11) is 0. The number of carbonyl (C=O) groups is 1. The SMILES string of the molecule is C=C(C)C(=O)OCCOCCOCCOCCOC(C)(C)CC. The van der Waals surface area contributed by atoms with Crippen LogP contribution in [0.2, 0.25) is 0 Å². The maximum absolute atomic E-state index is 11.1. The van der Waals surface area contributed by atoms with E-state index in [4.69, 9.17) is 23.7 Å². The molecule has 0 radical (unpaired) electrons. The highest BCUT2D eigenvalue weighted by Crippen LogP contribution is 2.12. The zero-order valence-corrected chi connectivity index (χ0v) is 15.0. The fourth-order valence-corrected chi connectivity index (χ4v) is 1.34. The number of rotatable bonds is 15. The summed E-state index contributed by atoms with van der Waals surface area (Å²) in [6.07, 6.45) is 0.975. The third kappa shape index (κ3) is 14.4. The van der Waals surface area contributed by atoms with Gasteiger partial charge in [-0.05, 0) is 27.2 Å². The molecule has 6 heteroatoms. The molecule has 0 saturated carbocycles. The molecule has 0 amide bonds. The maximum Gasteiger partial charge on any atom is 0.333 e. The van der Waals surface area contributed by atoms with Gasteiger partial charge >= 0.3 is 5.97 Å². The molecule has 0 aliphatic carbocycles. The molecule has 6 nitrogen and oxygen atoms in total. The van der Waals surface area contributed by atoms with Gasteiger partial charge in [0, 0.05) is 5.57 Å². The minimum absolute atomic E-state index is 0.0874. The number of esters is 1. The molecule has 0 heterocycles. The lowest BCUT2D eigenvalue weighted by Crippen LogP contribution is -2.25. The van der Waals surface area contributed by atoms with Crippen molar-refractivity contribution in [2.24, 2.45) is 0 Å². The largest absolute Gasteiger partial charge is 0.460 e. The van der Waals surface area contributed by atoms with Gasteiger partial charge in [-0.2, -0.15) is 0 Å². The first-order valence-electron chi connectivity index (χ1n) is 8.09. The lowest BCUT2D eigenvalue weighted by Gasteiger charge is -2.23. The Balaban J connectivity index is 3.19. The Kier molecular flexibility index (Phi) is 12.9. The minimum atomic E-state index is -0.395. The van der Waals surface area contributed by atoms with Crippen LogP contribution in [0, 0.1) is 0 Å². The molecular weight excluding hydrogens is 300 g/mol. The van der Waals surface area contributed by atoms with Gasteiger partial charge in [0.15, 0.2) is 0 Å². The molecule has 136 valence electrons. The van der Waals surface area contributed by atoms with E-state index >= 15 is 0 Å². The molecule has 0 aliphatic heterocycles. The Bertz CT molecular complexity index is 327. The molecule has 0 aromatic rings. The second-order valence-corrected chi connectivity index (χ2v) is 5.72. The van der Waals surface area contributed by atoms with Gasteiger partial charge in [-0.1, -0.05) is 13.5 Å². The van der Waals surface area contributed by atoms with Crippen molar-refractivity contribution in [1.82, 2.24) is 0 Å². The summed E-state index contributed by atoms with van der Waals surface area (Å²) in [6, 6.07) is 0. The first-order chi connectivity index (χ1) is 10.9. The lowest BCUT2D eigenvalue weighted by atomic mass is 10.1. The first kappa shape index (κ1) is 22.1. The van der Waals surface area contributed by atoms with Crippen LogP contribution in [-0.4, -0.2) is 64.4 Å². The predicted octanol–water partition coefficient (Wildman–Crippen LogP) is 2.36. The van der Waals surface area contributed by atoms with Gasteiger partial charge in [-0.3, -0.25) is 0 Å². The summed E-state index contributed by atoms with van der Waals surface area (Å²) >= 11 is 0. The highest BCUT2D eigenvalue weighted by atomic mass is 16.6. The second kappa shape index (κ2) is 13.5. The van der Waals surface area contributed by atoms with Gasteiger partial charge in [0.05, 0.1) is 51.8 Å². The Labute approximate surface area is 140 Å². The molecule has 0 aliphatic rings. The zero-order valence-electron chi connectivity index (χ0n) is 15.0. The van der Waals surface area contributed by atoms with E-state index in [1.54, 1.807) is 6.92 Å². The van der Waals surface area contributed by atoms with Crippen LogP contribution in [0.3, 0.4) is 0 Å². The molecule has 0 rings (SSSR count). The Hall–Kier alpha value is -0.950. The van der Waals surface area contributed by atoms with Crippen LogP contribution in [0.1, 0.15) is 34.1 Å². The molecule has 0 N–H and O–H groups in total. The summed E-state index contributed by atoms with van der Waals surface area (Å²) in [5.74, 6) is -0.395. The van der Waals surface area contributed by atoms with Gasteiger partial charge in [0.1, 0.15) is 6.61 Å². The van der Waals surface area contributed by atoms with Crippen molar-refractivity contribution in [2.45, 2.75) is 39.7 Å². The highest BCUT2D eigenvalue weighted by Gasteiger charge is 2.14. The molecule has 0 aromatic heterocycles. The fourth-order valence-electron chi connectivity index (χ4n) is 1.34. The second-order valence-electron chi connectivity index (χ2n) is 5.72. The van der Waals surface area contributed by atoms with E-state index in [2.05, 4.69) is 27.4 Å². The van der Waals surface area contributed by atoms with E-state index < -0.39 is 5.97 Å². The number of ether oxygens (including phenoxy) is 5. The van der Waals surface area contributed by atoms with E-state index in [1.165, 1.54) is 0 Å². The highest BCUT2D eigenvalue weighted by molar-refractivity contribution is 5.86. The van der Waals surface area contributed by atoms with Crippen LogP contribution < -0.4 is 0 Å². The maximum atomic E-state index is 11.1. The Morgan fingerprint density at radius 3 is 1.74 bits per heavy atom. The minimum Gasteiger partial charge on any atom is -0.460 e. The van der Waals surface area contributed by atoms with Gasteiger partial charge in [0.25, 0.3) is 0 Å². The third-order valence-corrected chi connectivity index (χ3v) is 3.13. The van der Waals surface area contributed by atoms with Crippen molar-refractivity contribution in [2.75, 3.05) is 52.9 Å². The molecule has 0 aromatic carbocycles. The number of hydrogen-bond acceptors (Lipinski definition) is 6. The summed E-state index contributed by atoms with van der Waals surface area (Å²) in [6.45, 7) is 15.1. The van der Waals surface area contributed by atoms with Crippen molar-refractivity contribution in [1.29, 1.82) is 0 Å². The standard InChI is InChI=1S/C17H32O6/c1-6-17(4,5)23-14-12-21-10-8-19-7-9-20-11-13-22-16(18)15(2)3/h2,6-14H2,1,3-5H3. The van der Waals surface area contributed by atoms with E-state index in [1.807, 2.05) is 0 Å². The molecular formula is C17H32O6. The van der Waals surface area contributed by atoms with Gasteiger partial charge in [0.2, 0.25) is 0 Å². The molecule has 0 spiro atoms. The van der Waals surface area contributed by atoms with Crippen LogP contribution in [0.5, 0.6) is 0 Å². The van der Waals surface area contributed by atoms with E-state index in [0.29, 0.717) is 51.8 Å². The van der Waals surface area contributed by atoms with Crippen LogP contribution in [-0.2, 0) is 28.5 Å². The summed E-state index contributed by atoms with van der Waals surface area (Å²) in [5.41, 5.74) is 0.299. The summed E-state index contributed by atoms with van der Waals surface area (Å²) in [5, 5.41) is 0. The van der Waals surface area contributed by atoms with E-state index in [0.717, 1.165) is 6.42 Å². The molecule has 0 saturated heterocycles. The molecule has 0 atom stereocenters. The van der Waals surface area contributed by atoms with Crippen LogP contribution >= 0.6 is 0 Å². The van der Waals surface area contributed by atoms with Gasteiger partial charge in [-0.15, -0.1) is 0 Å². The topological polar surface area (TPSA) is 63.2 Å². The average Bonchev–Trinajstić information content (AvgIpc) is 2.51. The summed E-state index contributed by atoms with van der Waals surface area (Å²) < 4.78 is 26.6. The monoisotopic (exact) mass is 332 g/mol. The van der Waals surface area contributed by atoms with Crippen molar-refractivity contribution >= 4 is 5.97 Å². The molecule has 23 heavy (non-hydrogen) atoms. The Morgan fingerprint density at radius 2 is 1.30 bits per heavy atom. The number of hydrogen-bond donors (Lipinski definition) is 0. The smallest absolute Gasteiger partial charge is 0.333 e. The van der Waals surface area contributed by atoms with Crippen LogP contribution in [0.15, 0.2) is 12.2 Å². The Morgan fingerprint density at radius 1 is 0.870 bits per heavy atom. The van der Waals surface area contributed by atoms with Crippen LogP contribution in [0.25, 0.3) is 0 Å². The van der Waals surface area contributed by atoms with Crippen molar-refractivity contribution < 1.29 is 28.5 Å². The van der Waals surface area contributed by atoms with Crippen molar-refractivity contribution in [3.63, 3.8) is 0 Å². The first-order valence-corrected chi connectivity index (χ1v) is 8.09. The molecule has 0 unspecified atom stereocenters. The number of carbonyl (C=O) groups excluding carboxylic acids is 1. The fraction of sp³-hybridized carbons (Fsp3) is 0.824. The third-order valence-electron chi connectivity index (χ3n) is 3.13. The normalized spacial score (nSPS) is 11.5. The van der Waals surface area contributed by atoms with Gasteiger partial charge in [-0.25, -0.2) is 4.79 Å². The molecule has 0 bridgehead atoms. The van der Waals surface area contributed by atoms with Crippen molar-refractivity contribution in [3.05, 3.63) is 12.2 Å². The predicted molar refractivity (Wildman–Crippen MR) is 88.6 cm³/mol. The zero-order chi connectivity index (χ0) is 17.6. The van der Waals surface area contributed by atoms with Gasteiger partial charge < -0.3 is 23.7 Å². The average molecular weight is 332 g/mol.